The number of aromatic nitrogens is 3. The van der Waals surface area contributed by atoms with Crippen LogP contribution in [0.5, 0.6) is 17.2 Å². The van der Waals surface area contributed by atoms with Gasteiger partial charge in [-0.25, -0.2) is 4.68 Å². The summed E-state index contributed by atoms with van der Waals surface area (Å²) in [5, 5.41) is 11.6. The van der Waals surface area contributed by atoms with Crippen molar-refractivity contribution in [1.82, 2.24) is 20.3 Å². The van der Waals surface area contributed by atoms with Crippen LogP contribution in [0, 0.1) is 0 Å². The zero-order valence-electron chi connectivity index (χ0n) is 22.9. The maximum Gasteiger partial charge on any atom is 0.249 e. The van der Waals surface area contributed by atoms with Crippen molar-refractivity contribution in [2.75, 3.05) is 26.2 Å². The molecule has 2 amide bonds. The number of ether oxygens (including phenoxy) is 3. The van der Waals surface area contributed by atoms with E-state index in [2.05, 4.69) is 15.6 Å². The molecule has 1 heterocycles. The number of anilines is 1. The lowest BCUT2D eigenvalue weighted by Crippen LogP contribution is -2.47. The van der Waals surface area contributed by atoms with Crippen LogP contribution in [-0.4, -0.2) is 54.2 Å². The normalized spacial score (nSPS) is 14.1. The zero-order chi connectivity index (χ0) is 28.1. The number of hydrogen-bond acceptors (Lipinski definition) is 7. The van der Waals surface area contributed by atoms with E-state index in [0.717, 1.165) is 25.7 Å². The minimum atomic E-state index is -1.03. The van der Waals surface area contributed by atoms with Gasteiger partial charge in [0.2, 0.25) is 11.8 Å². The first kappa shape index (κ1) is 27.0. The van der Waals surface area contributed by atoms with Gasteiger partial charge in [0.25, 0.3) is 0 Å². The van der Waals surface area contributed by atoms with E-state index in [0.29, 0.717) is 39.5 Å². The Kier molecular flexibility index (Phi) is 8.14. The molecule has 10 heteroatoms. The molecule has 0 bridgehead atoms. The van der Waals surface area contributed by atoms with E-state index in [4.69, 9.17) is 14.2 Å². The summed E-state index contributed by atoms with van der Waals surface area (Å²) in [6, 6.07) is 18.8. The van der Waals surface area contributed by atoms with E-state index in [9.17, 15) is 9.59 Å². The van der Waals surface area contributed by atoms with Crippen molar-refractivity contribution in [1.29, 1.82) is 0 Å². The van der Waals surface area contributed by atoms with Crippen LogP contribution in [0.4, 0.5) is 5.69 Å². The number of para-hydroxylation sites is 1. The van der Waals surface area contributed by atoms with Crippen LogP contribution in [0.25, 0.3) is 11.0 Å². The Bertz CT molecular complexity index is 1500. The molecule has 40 heavy (non-hydrogen) atoms. The van der Waals surface area contributed by atoms with Crippen LogP contribution in [0.2, 0.25) is 0 Å². The smallest absolute Gasteiger partial charge is 0.249 e. The summed E-state index contributed by atoms with van der Waals surface area (Å²) in [6.45, 7) is -0.155. The summed E-state index contributed by atoms with van der Waals surface area (Å²) in [5.74, 6) is 0.835. The maximum absolute atomic E-state index is 14.4. The molecule has 0 aliphatic heterocycles. The number of nitrogens with zero attached hydrogens (tertiary/aromatic N) is 4. The van der Waals surface area contributed by atoms with Gasteiger partial charge in [-0.15, -0.1) is 5.10 Å². The second-order valence-electron chi connectivity index (χ2n) is 9.71. The van der Waals surface area contributed by atoms with Crippen molar-refractivity contribution in [2.24, 2.45) is 0 Å². The number of nitrogens with one attached hydrogen (secondary N) is 1. The highest BCUT2D eigenvalue weighted by Gasteiger charge is 2.36. The monoisotopic (exact) mass is 543 g/mol. The number of benzene rings is 3. The molecule has 0 spiro atoms. The summed E-state index contributed by atoms with van der Waals surface area (Å²) >= 11 is 0. The number of fused-ring (bicyclic) bond motifs is 1. The van der Waals surface area contributed by atoms with E-state index in [1.807, 2.05) is 30.3 Å². The van der Waals surface area contributed by atoms with Gasteiger partial charge < -0.3 is 19.5 Å². The van der Waals surface area contributed by atoms with Gasteiger partial charge in [-0.1, -0.05) is 42.3 Å². The van der Waals surface area contributed by atoms with Gasteiger partial charge in [0.05, 0.1) is 32.5 Å². The quantitative estimate of drug-likeness (QED) is 0.318. The first-order chi connectivity index (χ1) is 19.5. The standard InChI is InChI=1S/C30H33N5O5/c1-38-22-12-8-9-20(17-22)29(30(37)31-21-10-4-5-11-21)35(26-18-23(39-2)15-16-27(26)40-3)28(36)19-34-25-14-7-6-13-24(25)32-33-34/h6-9,12-18,21,29H,4-5,10-11,19H2,1-3H3,(H,31,37)/t29-/m1/s1. The largest absolute Gasteiger partial charge is 0.497 e. The Morgan fingerprint density at radius 3 is 2.45 bits per heavy atom. The van der Waals surface area contributed by atoms with E-state index < -0.39 is 6.04 Å². The second kappa shape index (κ2) is 12.1. The molecular formula is C30H33N5O5. The number of carbonyl (C=O) groups excluding carboxylic acids is 2. The second-order valence-corrected chi connectivity index (χ2v) is 9.71. The highest BCUT2D eigenvalue weighted by atomic mass is 16.5. The molecule has 1 N–H and O–H groups in total. The molecule has 3 aromatic carbocycles. The first-order valence-corrected chi connectivity index (χ1v) is 13.3. The van der Waals surface area contributed by atoms with Crippen LogP contribution in [0.1, 0.15) is 37.3 Å². The summed E-state index contributed by atoms with van der Waals surface area (Å²) < 4.78 is 18.2. The number of amides is 2. The molecule has 1 fully saturated rings. The summed E-state index contributed by atoms with van der Waals surface area (Å²) in [4.78, 5) is 30.0. The zero-order valence-corrected chi connectivity index (χ0v) is 22.9. The van der Waals surface area contributed by atoms with Crippen molar-refractivity contribution in [2.45, 2.75) is 44.3 Å². The summed E-state index contributed by atoms with van der Waals surface area (Å²) in [6.07, 6.45) is 3.91. The molecule has 0 saturated heterocycles. The SMILES string of the molecule is COc1cccc([C@H](C(=O)NC2CCCC2)N(C(=O)Cn2nnc3ccccc32)c2cc(OC)ccc2OC)c1. The highest BCUT2D eigenvalue weighted by molar-refractivity contribution is 6.03. The van der Waals surface area contributed by atoms with Gasteiger partial charge in [-0.2, -0.15) is 0 Å². The average molecular weight is 544 g/mol. The number of rotatable bonds is 10. The first-order valence-electron chi connectivity index (χ1n) is 13.3. The Hall–Kier alpha value is -4.60. The fourth-order valence-electron chi connectivity index (χ4n) is 5.22. The number of carbonyl (C=O) groups is 2. The molecule has 1 aliphatic carbocycles. The van der Waals surface area contributed by atoms with Gasteiger partial charge in [-0.3, -0.25) is 14.5 Å². The van der Waals surface area contributed by atoms with Crippen molar-refractivity contribution >= 4 is 28.5 Å². The van der Waals surface area contributed by atoms with E-state index in [1.165, 1.54) is 16.7 Å². The molecule has 1 atom stereocenters. The molecule has 0 radical (unpaired) electrons. The van der Waals surface area contributed by atoms with Crippen LogP contribution in [-0.2, 0) is 16.1 Å². The third kappa shape index (κ3) is 5.56. The van der Waals surface area contributed by atoms with Crippen molar-refractivity contribution in [3.8, 4) is 17.2 Å². The third-order valence-corrected chi connectivity index (χ3v) is 7.24. The maximum atomic E-state index is 14.4. The third-order valence-electron chi connectivity index (χ3n) is 7.24. The lowest BCUT2D eigenvalue weighted by Gasteiger charge is -2.33. The highest BCUT2D eigenvalue weighted by Crippen LogP contribution is 2.39. The fraction of sp³-hybridized carbons (Fsp3) is 0.333. The van der Waals surface area contributed by atoms with Crippen LogP contribution >= 0.6 is 0 Å². The molecule has 4 aromatic rings. The van der Waals surface area contributed by atoms with Crippen molar-refractivity contribution in [3.05, 3.63) is 72.3 Å². The molecule has 1 aliphatic rings. The van der Waals surface area contributed by atoms with Crippen molar-refractivity contribution in [3.63, 3.8) is 0 Å². The summed E-state index contributed by atoms with van der Waals surface area (Å²) in [7, 11) is 4.64. The average Bonchev–Trinajstić information content (AvgIpc) is 3.65. The Morgan fingerprint density at radius 1 is 0.950 bits per heavy atom. The predicted octanol–water partition coefficient (Wildman–Crippen LogP) is 4.29. The van der Waals surface area contributed by atoms with E-state index in [-0.39, 0.29) is 24.4 Å². The minimum Gasteiger partial charge on any atom is -0.497 e. The molecule has 1 aromatic heterocycles. The Labute approximate surface area is 232 Å². The lowest BCUT2D eigenvalue weighted by atomic mass is 10.0. The topological polar surface area (TPSA) is 108 Å². The van der Waals surface area contributed by atoms with Gasteiger partial charge in [0.1, 0.15) is 35.4 Å². The van der Waals surface area contributed by atoms with Crippen molar-refractivity contribution < 1.29 is 23.8 Å². The molecular weight excluding hydrogens is 510 g/mol. The number of methoxy groups -OCH3 is 3. The minimum absolute atomic E-state index is 0.0454. The molecule has 10 nitrogen and oxygen atoms in total. The number of hydrogen-bond donors (Lipinski definition) is 1. The van der Waals surface area contributed by atoms with E-state index >= 15 is 0 Å². The van der Waals surface area contributed by atoms with Gasteiger partial charge in [-0.05, 0) is 54.8 Å². The Balaban J connectivity index is 1.65. The molecule has 0 unspecified atom stereocenters. The Morgan fingerprint density at radius 2 is 1.70 bits per heavy atom. The molecule has 5 rings (SSSR count). The van der Waals surface area contributed by atoms with Gasteiger partial charge in [0.15, 0.2) is 0 Å². The van der Waals surface area contributed by atoms with Crippen LogP contribution in [0.15, 0.2) is 66.7 Å². The van der Waals surface area contributed by atoms with Crippen LogP contribution < -0.4 is 24.4 Å². The van der Waals surface area contributed by atoms with Gasteiger partial charge in [0, 0.05) is 12.1 Å². The molecule has 1 saturated carbocycles. The molecule has 208 valence electrons. The fourth-order valence-corrected chi connectivity index (χ4v) is 5.22. The van der Waals surface area contributed by atoms with Gasteiger partial charge >= 0.3 is 0 Å². The predicted molar refractivity (Wildman–Crippen MR) is 151 cm³/mol. The van der Waals surface area contributed by atoms with E-state index in [1.54, 1.807) is 50.6 Å². The van der Waals surface area contributed by atoms with Crippen LogP contribution in [0.3, 0.4) is 0 Å². The lowest BCUT2D eigenvalue weighted by molar-refractivity contribution is -0.127. The summed E-state index contributed by atoms with van der Waals surface area (Å²) in [5.41, 5.74) is 2.37.